The molecule has 5 atom stereocenters. The fourth-order valence-electron chi connectivity index (χ4n) is 5.24. The van der Waals surface area contributed by atoms with Crippen molar-refractivity contribution in [2.24, 2.45) is 0 Å². The topological polar surface area (TPSA) is 146 Å². The second-order valence-corrected chi connectivity index (χ2v) is 11.4. The van der Waals surface area contributed by atoms with E-state index in [0.717, 1.165) is 33.8 Å². The van der Waals surface area contributed by atoms with Crippen molar-refractivity contribution in [2.75, 3.05) is 24.5 Å². The van der Waals surface area contributed by atoms with E-state index in [1.807, 2.05) is 18.2 Å². The Morgan fingerprint density at radius 3 is 2.48 bits per heavy atom. The highest BCUT2D eigenvalue weighted by Gasteiger charge is 2.43. The van der Waals surface area contributed by atoms with Crippen LogP contribution in [0.5, 0.6) is 0 Å². The number of fused-ring (bicyclic) bond motifs is 1. The molecule has 5 rings (SSSR count). The summed E-state index contributed by atoms with van der Waals surface area (Å²) in [4.78, 5) is 17.1. The first kappa shape index (κ1) is 28.2. The van der Waals surface area contributed by atoms with Gasteiger partial charge >= 0.3 is 0 Å². The van der Waals surface area contributed by atoms with E-state index in [2.05, 4.69) is 46.6 Å². The number of benzene rings is 2. The maximum absolute atomic E-state index is 12.8. The van der Waals surface area contributed by atoms with Crippen LogP contribution in [0.1, 0.15) is 31.1 Å². The van der Waals surface area contributed by atoms with E-state index < -0.39 is 36.6 Å². The van der Waals surface area contributed by atoms with Gasteiger partial charge in [0.2, 0.25) is 0 Å². The third kappa shape index (κ3) is 5.76. The fraction of sp³-hybridized carbons (Fsp3) is 0.400. The monoisotopic (exact) mass is 563 g/mol. The lowest BCUT2D eigenvalue weighted by atomic mass is 9.99. The van der Waals surface area contributed by atoms with Crippen molar-refractivity contribution in [1.82, 2.24) is 5.32 Å². The van der Waals surface area contributed by atoms with Crippen LogP contribution in [0.25, 0.3) is 26.8 Å². The number of rotatable bonds is 6. The summed E-state index contributed by atoms with van der Waals surface area (Å²) in [5, 5.41) is 53.8. The van der Waals surface area contributed by atoms with Crippen molar-refractivity contribution in [3.63, 3.8) is 0 Å². The van der Waals surface area contributed by atoms with Gasteiger partial charge in [-0.1, -0.05) is 18.2 Å². The molecule has 5 N–H and O–H groups in total. The first-order chi connectivity index (χ1) is 19.3. The molecule has 210 valence electrons. The summed E-state index contributed by atoms with van der Waals surface area (Å²) < 4.78 is 5.09. The Bertz CT molecular complexity index is 1460. The van der Waals surface area contributed by atoms with E-state index >= 15 is 0 Å². The summed E-state index contributed by atoms with van der Waals surface area (Å²) in [5.41, 5.74) is 2.72. The van der Waals surface area contributed by atoms with Crippen LogP contribution in [0.2, 0.25) is 0 Å². The summed E-state index contributed by atoms with van der Waals surface area (Å²) in [7, 11) is 0. The molecule has 2 fully saturated rings. The smallest absolute Gasteiger partial charge is 0.262 e. The molecule has 1 amide bonds. The number of nitrogens with one attached hydrogen (secondary N) is 1. The summed E-state index contributed by atoms with van der Waals surface area (Å²) in [6.07, 6.45) is -3.91. The number of thiophene rings is 1. The number of aliphatic hydroxyl groups excluding tert-OH is 4. The fourth-order valence-corrected chi connectivity index (χ4v) is 6.25. The van der Waals surface area contributed by atoms with Crippen molar-refractivity contribution in [1.29, 1.82) is 5.26 Å². The Balaban J connectivity index is 1.30. The molecule has 9 nitrogen and oxygen atoms in total. The number of carbonyl (C=O) groups is 1. The van der Waals surface area contributed by atoms with Crippen molar-refractivity contribution in [2.45, 2.75) is 56.9 Å². The first-order valence-corrected chi connectivity index (χ1v) is 14.2. The van der Waals surface area contributed by atoms with Crippen LogP contribution >= 0.6 is 11.3 Å². The Kier molecular flexibility index (Phi) is 8.51. The van der Waals surface area contributed by atoms with Crippen LogP contribution in [-0.4, -0.2) is 76.7 Å². The van der Waals surface area contributed by atoms with Gasteiger partial charge in [-0.2, -0.15) is 5.26 Å². The van der Waals surface area contributed by atoms with Crippen molar-refractivity contribution in [3.8, 4) is 16.5 Å². The number of amides is 1. The molecule has 1 aromatic heterocycles. The number of ether oxygens (including phenoxy) is 1. The summed E-state index contributed by atoms with van der Waals surface area (Å²) in [6, 6.07) is 18.8. The van der Waals surface area contributed by atoms with E-state index in [0.29, 0.717) is 5.57 Å². The molecule has 2 aromatic carbocycles. The lowest BCUT2D eigenvalue weighted by Gasteiger charge is -2.38. The molecule has 40 heavy (non-hydrogen) atoms. The standard InChI is InChI=1S/C30H33N3O6S/c1-17(22(15-31)29(37)32-16-23-26(34)27(35)28(36)30(38)39-23)24-9-10-25(40-24)20-6-5-19-14-21(8-7-18(19)13-20)33-11-3-2-4-12-33/h5-10,13-14,23,26-28,30,34-36,38H,2-4,11-12,16H2,1H3,(H,32,37)/b22-17+/t23-,26-,27+,28-,30?/m1/s1. The summed E-state index contributed by atoms with van der Waals surface area (Å²) in [5.74, 6) is -0.670. The molecule has 10 heteroatoms. The molecule has 3 heterocycles. The Morgan fingerprint density at radius 2 is 1.73 bits per heavy atom. The highest BCUT2D eigenvalue weighted by Crippen LogP contribution is 2.35. The zero-order valence-corrected chi connectivity index (χ0v) is 23.0. The number of piperidine rings is 1. The number of hydrogen-bond acceptors (Lipinski definition) is 9. The zero-order valence-electron chi connectivity index (χ0n) is 22.2. The minimum Gasteiger partial charge on any atom is -0.388 e. The van der Waals surface area contributed by atoms with Gasteiger partial charge in [-0.15, -0.1) is 11.3 Å². The van der Waals surface area contributed by atoms with Gasteiger partial charge in [0.15, 0.2) is 6.29 Å². The second-order valence-electron chi connectivity index (χ2n) is 10.3. The molecule has 2 saturated heterocycles. The van der Waals surface area contributed by atoms with Crippen LogP contribution in [0.3, 0.4) is 0 Å². The molecule has 0 spiro atoms. The van der Waals surface area contributed by atoms with Crippen LogP contribution in [0.15, 0.2) is 54.1 Å². The van der Waals surface area contributed by atoms with E-state index in [4.69, 9.17) is 4.74 Å². The predicted molar refractivity (Wildman–Crippen MR) is 153 cm³/mol. The average Bonchev–Trinajstić information content (AvgIpc) is 3.48. The Morgan fingerprint density at radius 1 is 1.00 bits per heavy atom. The highest BCUT2D eigenvalue weighted by molar-refractivity contribution is 7.16. The lowest BCUT2D eigenvalue weighted by molar-refractivity contribution is -0.280. The molecule has 1 unspecified atom stereocenters. The molecule has 0 saturated carbocycles. The number of carbonyl (C=O) groups excluding carboxylic acids is 1. The van der Waals surface area contributed by atoms with E-state index in [1.54, 1.807) is 6.92 Å². The maximum Gasteiger partial charge on any atom is 0.262 e. The third-order valence-corrected chi connectivity index (χ3v) is 8.92. The first-order valence-electron chi connectivity index (χ1n) is 13.4. The molecule has 0 radical (unpaired) electrons. The molecule has 2 aliphatic rings. The summed E-state index contributed by atoms with van der Waals surface area (Å²) >= 11 is 1.48. The van der Waals surface area contributed by atoms with Crippen LogP contribution in [0, 0.1) is 11.3 Å². The maximum atomic E-state index is 12.8. The largest absolute Gasteiger partial charge is 0.388 e. The van der Waals surface area contributed by atoms with Gasteiger partial charge in [0.05, 0.1) is 0 Å². The number of allylic oxidation sites excluding steroid dienone is 1. The van der Waals surface area contributed by atoms with Gasteiger partial charge in [0, 0.05) is 35.1 Å². The number of anilines is 1. The van der Waals surface area contributed by atoms with E-state index in [-0.39, 0.29) is 12.1 Å². The molecular formula is C30H33N3O6S. The van der Waals surface area contributed by atoms with Crippen molar-refractivity contribution in [3.05, 3.63) is 59.0 Å². The van der Waals surface area contributed by atoms with Gasteiger partial charge in [-0.05, 0) is 78.4 Å². The zero-order chi connectivity index (χ0) is 28.4. The Hall–Kier alpha value is -3.30. The third-order valence-electron chi connectivity index (χ3n) is 7.67. The van der Waals surface area contributed by atoms with Crippen LogP contribution in [0.4, 0.5) is 5.69 Å². The molecule has 3 aromatic rings. The van der Waals surface area contributed by atoms with Crippen LogP contribution in [-0.2, 0) is 9.53 Å². The molecule has 0 aliphatic carbocycles. The van der Waals surface area contributed by atoms with Gasteiger partial charge < -0.3 is 35.4 Å². The minimum absolute atomic E-state index is 0.0939. The minimum atomic E-state index is -1.70. The second kappa shape index (κ2) is 12.1. The highest BCUT2D eigenvalue weighted by atomic mass is 32.1. The number of hydrogen-bond donors (Lipinski definition) is 5. The van der Waals surface area contributed by atoms with E-state index in [9.17, 15) is 30.5 Å². The van der Waals surface area contributed by atoms with Gasteiger partial charge in [-0.25, -0.2) is 0 Å². The number of aliphatic hydroxyl groups is 4. The average molecular weight is 564 g/mol. The summed E-state index contributed by atoms with van der Waals surface area (Å²) in [6.45, 7) is 3.63. The molecule has 2 aliphatic heterocycles. The predicted octanol–water partition coefficient (Wildman–Crippen LogP) is 2.77. The number of nitrogens with zero attached hydrogens (tertiary/aromatic N) is 2. The van der Waals surface area contributed by atoms with Gasteiger partial charge in [-0.3, -0.25) is 4.79 Å². The quantitative estimate of drug-likeness (QED) is 0.227. The molecule has 0 bridgehead atoms. The van der Waals surface area contributed by atoms with Gasteiger partial charge in [0.25, 0.3) is 5.91 Å². The normalized spacial score (nSPS) is 25.8. The van der Waals surface area contributed by atoms with Crippen LogP contribution < -0.4 is 10.2 Å². The van der Waals surface area contributed by atoms with Crippen molar-refractivity contribution < 1.29 is 30.0 Å². The number of nitriles is 1. The molecular weight excluding hydrogens is 530 g/mol. The van der Waals surface area contributed by atoms with E-state index in [1.165, 1.54) is 41.7 Å². The van der Waals surface area contributed by atoms with Crippen molar-refractivity contribution >= 4 is 39.3 Å². The SMILES string of the molecule is C/C(=C(/C#N)C(=O)NC[C@H]1OC(O)[C@H](O)[C@@H](O)[C@@H]1O)c1ccc(-c2ccc3cc(N4CCCCC4)ccc3c2)s1. The van der Waals surface area contributed by atoms with Gasteiger partial charge in [0.1, 0.15) is 36.1 Å². The Labute approximate surface area is 236 Å². The lowest BCUT2D eigenvalue weighted by Crippen LogP contribution is -2.60.